The van der Waals surface area contributed by atoms with Gasteiger partial charge in [-0.2, -0.15) is 0 Å². The van der Waals surface area contributed by atoms with Gasteiger partial charge in [0.05, 0.1) is 5.52 Å². The Morgan fingerprint density at radius 3 is 2.61 bits per heavy atom. The average Bonchev–Trinajstić information content (AvgIpc) is 2.40. The Balaban J connectivity index is 2.58. The maximum atomic E-state index is 4.83. The normalized spacial score (nSPS) is 10.9. The number of rotatable bonds is 4. The minimum Gasteiger partial charge on any atom is -0.370 e. The van der Waals surface area contributed by atoms with Crippen LogP contribution in [0.1, 0.15) is 37.0 Å². The van der Waals surface area contributed by atoms with Crippen molar-refractivity contribution in [1.29, 1.82) is 0 Å². The monoisotopic (exact) mass is 242 g/mol. The standard InChI is InChI=1S/C16H22N2/c1-5-9-17-16-13(6-2)10-14-8-7-11(3)12(4)15(14)18-16/h7-8,10H,5-6,9H2,1-4H3,(H,17,18). The predicted octanol–water partition coefficient (Wildman–Crippen LogP) is 4.24. The molecule has 1 aromatic heterocycles. The van der Waals surface area contributed by atoms with Crippen LogP contribution < -0.4 is 5.32 Å². The van der Waals surface area contributed by atoms with Crippen molar-refractivity contribution in [3.63, 3.8) is 0 Å². The summed E-state index contributed by atoms with van der Waals surface area (Å²) in [5.41, 5.74) is 5.03. The van der Waals surface area contributed by atoms with E-state index in [0.717, 1.165) is 30.7 Å². The molecule has 1 aromatic carbocycles. The maximum absolute atomic E-state index is 4.83. The van der Waals surface area contributed by atoms with Gasteiger partial charge < -0.3 is 5.32 Å². The molecule has 0 radical (unpaired) electrons. The summed E-state index contributed by atoms with van der Waals surface area (Å²) in [6.45, 7) is 9.63. The number of aromatic nitrogens is 1. The maximum Gasteiger partial charge on any atom is 0.129 e. The molecule has 0 amide bonds. The highest BCUT2D eigenvalue weighted by molar-refractivity contribution is 5.85. The summed E-state index contributed by atoms with van der Waals surface area (Å²) in [7, 11) is 0. The van der Waals surface area contributed by atoms with E-state index in [9.17, 15) is 0 Å². The Morgan fingerprint density at radius 1 is 1.17 bits per heavy atom. The van der Waals surface area contributed by atoms with E-state index in [0.29, 0.717) is 0 Å². The second-order valence-electron chi connectivity index (χ2n) is 4.86. The first kappa shape index (κ1) is 12.9. The van der Waals surface area contributed by atoms with Gasteiger partial charge in [-0.15, -0.1) is 0 Å². The van der Waals surface area contributed by atoms with Crippen LogP contribution in [-0.4, -0.2) is 11.5 Å². The molecule has 0 aliphatic rings. The van der Waals surface area contributed by atoms with E-state index < -0.39 is 0 Å². The second-order valence-corrected chi connectivity index (χ2v) is 4.86. The molecule has 0 atom stereocenters. The van der Waals surface area contributed by atoms with Crippen molar-refractivity contribution in [3.8, 4) is 0 Å². The lowest BCUT2D eigenvalue weighted by atomic mass is 10.0. The number of hydrogen-bond donors (Lipinski definition) is 1. The van der Waals surface area contributed by atoms with Gasteiger partial charge in [0.15, 0.2) is 0 Å². The Labute approximate surface area is 109 Å². The summed E-state index contributed by atoms with van der Waals surface area (Å²) >= 11 is 0. The largest absolute Gasteiger partial charge is 0.370 e. The van der Waals surface area contributed by atoms with Crippen LogP contribution in [0.25, 0.3) is 10.9 Å². The van der Waals surface area contributed by atoms with Crippen LogP contribution in [0.2, 0.25) is 0 Å². The number of aryl methyl sites for hydroxylation is 3. The molecule has 0 unspecified atom stereocenters. The number of anilines is 1. The highest BCUT2D eigenvalue weighted by atomic mass is 15.0. The van der Waals surface area contributed by atoms with Crippen molar-refractivity contribution in [2.75, 3.05) is 11.9 Å². The quantitative estimate of drug-likeness (QED) is 0.867. The van der Waals surface area contributed by atoms with Gasteiger partial charge in [0.1, 0.15) is 5.82 Å². The van der Waals surface area contributed by atoms with Crippen LogP contribution in [0.3, 0.4) is 0 Å². The van der Waals surface area contributed by atoms with Gasteiger partial charge in [-0.3, -0.25) is 0 Å². The van der Waals surface area contributed by atoms with Crippen LogP contribution in [0.5, 0.6) is 0 Å². The second kappa shape index (κ2) is 5.38. The summed E-state index contributed by atoms with van der Waals surface area (Å²) in [6, 6.07) is 6.62. The van der Waals surface area contributed by atoms with E-state index in [4.69, 9.17) is 4.98 Å². The van der Waals surface area contributed by atoms with Crippen molar-refractivity contribution in [2.45, 2.75) is 40.5 Å². The number of hydrogen-bond acceptors (Lipinski definition) is 2. The summed E-state index contributed by atoms with van der Waals surface area (Å²) in [5.74, 6) is 1.06. The summed E-state index contributed by atoms with van der Waals surface area (Å²) in [5, 5.41) is 4.69. The van der Waals surface area contributed by atoms with Crippen molar-refractivity contribution in [2.24, 2.45) is 0 Å². The molecule has 0 aliphatic carbocycles. The molecule has 0 saturated heterocycles. The first-order valence-corrected chi connectivity index (χ1v) is 6.81. The van der Waals surface area contributed by atoms with Gasteiger partial charge in [-0.25, -0.2) is 4.98 Å². The Kier molecular flexibility index (Phi) is 3.85. The summed E-state index contributed by atoms with van der Waals surface area (Å²) in [6.07, 6.45) is 2.14. The fourth-order valence-corrected chi connectivity index (χ4v) is 2.19. The molecule has 1 N–H and O–H groups in total. The third-order valence-electron chi connectivity index (χ3n) is 3.51. The van der Waals surface area contributed by atoms with Crippen LogP contribution in [0.4, 0.5) is 5.82 Å². The SMILES string of the molecule is CCCNc1nc2c(C)c(C)ccc2cc1CC. The molecule has 2 aromatic rings. The van der Waals surface area contributed by atoms with Crippen molar-refractivity contribution < 1.29 is 0 Å². The molecule has 0 bridgehead atoms. The predicted molar refractivity (Wildman–Crippen MR) is 79.4 cm³/mol. The first-order chi connectivity index (χ1) is 8.67. The van der Waals surface area contributed by atoms with E-state index >= 15 is 0 Å². The molecular formula is C16H22N2. The third-order valence-corrected chi connectivity index (χ3v) is 3.51. The molecule has 0 saturated carbocycles. The van der Waals surface area contributed by atoms with Crippen LogP contribution in [0.15, 0.2) is 18.2 Å². The highest BCUT2D eigenvalue weighted by Gasteiger charge is 2.08. The zero-order valence-corrected chi connectivity index (χ0v) is 11.8. The number of fused-ring (bicyclic) bond motifs is 1. The average molecular weight is 242 g/mol. The van der Waals surface area contributed by atoms with Gasteiger partial charge in [0.25, 0.3) is 0 Å². The zero-order valence-electron chi connectivity index (χ0n) is 11.8. The molecule has 0 fully saturated rings. The number of nitrogens with one attached hydrogen (secondary N) is 1. The minimum absolute atomic E-state index is 0.983. The lowest BCUT2D eigenvalue weighted by Gasteiger charge is -2.13. The smallest absolute Gasteiger partial charge is 0.129 e. The Hall–Kier alpha value is -1.57. The topological polar surface area (TPSA) is 24.9 Å². The van der Waals surface area contributed by atoms with E-state index in [-0.39, 0.29) is 0 Å². The van der Waals surface area contributed by atoms with Crippen LogP contribution in [-0.2, 0) is 6.42 Å². The molecule has 2 nitrogen and oxygen atoms in total. The minimum atomic E-state index is 0.983. The fraction of sp³-hybridized carbons (Fsp3) is 0.438. The highest BCUT2D eigenvalue weighted by Crippen LogP contribution is 2.25. The van der Waals surface area contributed by atoms with Crippen molar-refractivity contribution in [1.82, 2.24) is 4.98 Å². The molecule has 96 valence electrons. The molecule has 2 rings (SSSR count). The molecule has 1 heterocycles. The Bertz CT molecular complexity index is 559. The molecular weight excluding hydrogens is 220 g/mol. The molecule has 2 heteroatoms. The molecule has 0 aliphatic heterocycles. The van der Waals surface area contributed by atoms with Crippen LogP contribution >= 0.6 is 0 Å². The number of nitrogens with zero attached hydrogens (tertiary/aromatic N) is 1. The number of pyridine rings is 1. The molecule has 0 spiro atoms. The lowest BCUT2D eigenvalue weighted by Crippen LogP contribution is -2.05. The summed E-state index contributed by atoms with van der Waals surface area (Å²) in [4.78, 5) is 4.83. The third kappa shape index (κ3) is 2.33. The summed E-state index contributed by atoms with van der Waals surface area (Å²) < 4.78 is 0. The van der Waals surface area contributed by atoms with E-state index in [1.165, 1.54) is 22.1 Å². The van der Waals surface area contributed by atoms with Gasteiger partial charge in [-0.05, 0) is 49.4 Å². The first-order valence-electron chi connectivity index (χ1n) is 6.81. The van der Waals surface area contributed by atoms with Crippen molar-refractivity contribution >= 4 is 16.7 Å². The van der Waals surface area contributed by atoms with Crippen LogP contribution in [0, 0.1) is 13.8 Å². The zero-order chi connectivity index (χ0) is 13.1. The van der Waals surface area contributed by atoms with Gasteiger partial charge in [0, 0.05) is 11.9 Å². The van der Waals surface area contributed by atoms with E-state index in [1.807, 2.05) is 0 Å². The molecule has 18 heavy (non-hydrogen) atoms. The fourth-order valence-electron chi connectivity index (χ4n) is 2.19. The van der Waals surface area contributed by atoms with E-state index in [2.05, 4.69) is 51.2 Å². The van der Waals surface area contributed by atoms with Crippen molar-refractivity contribution in [3.05, 3.63) is 34.9 Å². The number of benzene rings is 1. The Morgan fingerprint density at radius 2 is 1.94 bits per heavy atom. The lowest BCUT2D eigenvalue weighted by molar-refractivity contribution is 0.961. The van der Waals surface area contributed by atoms with E-state index in [1.54, 1.807) is 0 Å². The van der Waals surface area contributed by atoms with Gasteiger partial charge in [-0.1, -0.05) is 26.0 Å². The van der Waals surface area contributed by atoms with Gasteiger partial charge >= 0.3 is 0 Å². The van der Waals surface area contributed by atoms with Gasteiger partial charge in [0.2, 0.25) is 0 Å².